The summed E-state index contributed by atoms with van der Waals surface area (Å²) in [4.78, 5) is 20.9. The number of aromatic nitrogens is 5. The maximum atomic E-state index is 12.4. The molecule has 0 N–H and O–H groups in total. The number of aryl methyl sites for hydroxylation is 1. The van der Waals surface area contributed by atoms with Gasteiger partial charge in [0.05, 0.1) is 17.8 Å². The topological polar surface area (TPSA) is 95.9 Å². The zero-order valence-corrected chi connectivity index (χ0v) is 18.2. The van der Waals surface area contributed by atoms with Gasteiger partial charge < -0.3 is 9.26 Å². The summed E-state index contributed by atoms with van der Waals surface area (Å²) in [6, 6.07) is 25.1. The molecular weight excluding hydrogens is 430 g/mol. The number of carbonyl (C=O) groups excluding carboxylic acids is 1. The Bertz CT molecular complexity index is 1370. The Morgan fingerprint density at radius 2 is 1.71 bits per heavy atom. The Labute approximate surface area is 195 Å². The number of carbonyl (C=O) groups is 1. The Hall–Kier alpha value is -4.59. The molecule has 0 spiro atoms. The molecule has 0 bridgehead atoms. The Morgan fingerprint density at radius 1 is 0.941 bits per heavy atom. The highest BCUT2D eigenvalue weighted by atomic mass is 16.5. The van der Waals surface area contributed by atoms with Crippen LogP contribution in [0.15, 0.2) is 95.8 Å². The molecule has 0 aliphatic rings. The van der Waals surface area contributed by atoms with Crippen molar-refractivity contribution in [3.8, 4) is 28.5 Å². The second-order valence-electron chi connectivity index (χ2n) is 7.54. The van der Waals surface area contributed by atoms with Crippen LogP contribution in [0.4, 0.5) is 0 Å². The van der Waals surface area contributed by atoms with Gasteiger partial charge in [-0.05, 0) is 24.3 Å². The Balaban J connectivity index is 1.25. The predicted molar refractivity (Wildman–Crippen MR) is 125 cm³/mol. The number of benzene rings is 2. The molecule has 0 fully saturated rings. The third kappa shape index (κ3) is 4.91. The van der Waals surface area contributed by atoms with Crippen LogP contribution in [0.25, 0.3) is 28.5 Å². The van der Waals surface area contributed by atoms with Crippen LogP contribution in [-0.4, -0.2) is 30.9 Å². The van der Waals surface area contributed by atoms with Crippen LogP contribution < -0.4 is 0 Å². The highest BCUT2D eigenvalue weighted by Crippen LogP contribution is 2.24. The van der Waals surface area contributed by atoms with E-state index in [1.54, 1.807) is 16.9 Å². The molecular formula is C26H21N5O3. The van der Waals surface area contributed by atoms with Gasteiger partial charge in [-0.1, -0.05) is 59.8 Å². The lowest BCUT2D eigenvalue weighted by Gasteiger charge is -2.04. The van der Waals surface area contributed by atoms with Crippen molar-refractivity contribution in [3.05, 3.63) is 103 Å². The van der Waals surface area contributed by atoms with Crippen LogP contribution in [0.2, 0.25) is 0 Å². The molecule has 0 aliphatic carbocycles. The molecule has 3 aromatic heterocycles. The highest BCUT2D eigenvalue weighted by Gasteiger charge is 2.16. The van der Waals surface area contributed by atoms with Crippen LogP contribution in [0.5, 0.6) is 0 Å². The van der Waals surface area contributed by atoms with Crippen molar-refractivity contribution in [1.29, 1.82) is 0 Å². The number of hydrogen-bond acceptors (Lipinski definition) is 7. The minimum atomic E-state index is -0.357. The summed E-state index contributed by atoms with van der Waals surface area (Å²) in [6.45, 7) is 0.110. The van der Waals surface area contributed by atoms with Crippen LogP contribution in [-0.2, 0) is 22.6 Å². The van der Waals surface area contributed by atoms with Gasteiger partial charge in [-0.3, -0.25) is 9.78 Å². The number of rotatable bonds is 8. The molecule has 0 saturated carbocycles. The molecule has 168 valence electrons. The lowest BCUT2D eigenvalue weighted by molar-refractivity contribution is -0.145. The maximum Gasteiger partial charge on any atom is 0.306 e. The standard InChI is InChI=1S/C26H21N5O3/c32-24(15-14-23-28-26(30-34-23)22-13-7-8-16-27-22)33-18-20-17-31(21-11-5-2-6-12-21)29-25(20)19-9-3-1-4-10-19/h1-13,16-17H,14-15,18H2. The molecule has 0 aliphatic heterocycles. The molecule has 3 heterocycles. The van der Waals surface area contributed by atoms with E-state index in [9.17, 15) is 4.79 Å². The first-order chi connectivity index (χ1) is 16.8. The van der Waals surface area contributed by atoms with Crippen LogP contribution >= 0.6 is 0 Å². The van der Waals surface area contributed by atoms with Gasteiger partial charge in [-0.25, -0.2) is 4.68 Å². The third-order valence-corrected chi connectivity index (χ3v) is 5.15. The van der Waals surface area contributed by atoms with Crippen molar-refractivity contribution in [2.75, 3.05) is 0 Å². The van der Waals surface area contributed by atoms with E-state index in [-0.39, 0.29) is 25.4 Å². The minimum absolute atomic E-state index is 0.110. The lowest BCUT2D eigenvalue weighted by Crippen LogP contribution is -2.06. The number of hydrogen-bond donors (Lipinski definition) is 0. The van der Waals surface area contributed by atoms with Gasteiger partial charge in [-0.15, -0.1) is 0 Å². The predicted octanol–water partition coefficient (Wildman–Crippen LogP) is 4.66. The monoisotopic (exact) mass is 451 g/mol. The number of para-hydroxylation sites is 1. The fraction of sp³-hybridized carbons (Fsp3) is 0.115. The average molecular weight is 451 g/mol. The molecule has 0 saturated heterocycles. The van der Waals surface area contributed by atoms with Crippen molar-refractivity contribution in [2.45, 2.75) is 19.4 Å². The molecule has 8 nitrogen and oxygen atoms in total. The van der Waals surface area contributed by atoms with E-state index in [4.69, 9.17) is 14.4 Å². The number of ether oxygens (including phenoxy) is 1. The summed E-state index contributed by atoms with van der Waals surface area (Å²) in [7, 11) is 0. The first-order valence-electron chi connectivity index (χ1n) is 10.9. The zero-order chi connectivity index (χ0) is 23.2. The van der Waals surface area contributed by atoms with Gasteiger partial charge in [0.2, 0.25) is 11.7 Å². The third-order valence-electron chi connectivity index (χ3n) is 5.15. The molecule has 8 heteroatoms. The highest BCUT2D eigenvalue weighted by molar-refractivity contribution is 5.70. The normalized spacial score (nSPS) is 10.8. The van der Waals surface area contributed by atoms with E-state index >= 15 is 0 Å². The smallest absolute Gasteiger partial charge is 0.306 e. The minimum Gasteiger partial charge on any atom is -0.461 e. The summed E-state index contributed by atoms with van der Waals surface area (Å²) in [5.74, 6) is 0.397. The van der Waals surface area contributed by atoms with E-state index in [1.165, 1.54) is 0 Å². The SMILES string of the molecule is O=C(CCc1nc(-c2ccccn2)no1)OCc1cn(-c2ccccc2)nc1-c1ccccc1. The fourth-order valence-corrected chi connectivity index (χ4v) is 3.46. The number of esters is 1. The molecule has 0 atom stereocenters. The molecule has 0 amide bonds. The summed E-state index contributed by atoms with van der Waals surface area (Å²) in [6.07, 6.45) is 3.96. The fourth-order valence-electron chi connectivity index (χ4n) is 3.46. The summed E-state index contributed by atoms with van der Waals surface area (Å²) in [5.41, 5.74) is 4.09. The van der Waals surface area contributed by atoms with Crippen LogP contribution in [0.1, 0.15) is 17.9 Å². The number of pyridine rings is 1. The first-order valence-corrected chi connectivity index (χ1v) is 10.9. The molecule has 34 heavy (non-hydrogen) atoms. The van der Waals surface area contributed by atoms with Crippen molar-refractivity contribution in [1.82, 2.24) is 24.9 Å². The summed E-state index contributed by atoms with van der Waals surface area (Å²) in [5, 5.41) is 8.66. The molecule has 5 rings (SSSR count). The van der Waals surface area contributed by atoms with Gasteiger partial charge in [0.15, 0.2) is 0 Å². The second kappa shape index (κ2) is 9.91. The van der Waals surface area contributed by atoms with E-state index in [0.717, 1.165) is 22.5 Å². The lowest BCUT2D eigenvalue weighted by atomic mass is 10.1. The van der Waals surface area contributed by atoms with Crippen molar-refractivity contribution in [2.24, 2.45) is 0 Å². The Kier molecular flexibility index (Phi) is 6.20. The zero-order valence-electron chi connectivity index (χ0n) is 18.2. The summed E-state index contributed by atoms with van der Waals surface area (Å²) >= 11 is 0. The maximum absolute atomic E-state index is 12.4. The van der Waals surface area contributed by atoms with E-state index < -0.39 is 0 Å². The van der Waals surface area contributed by atoms with E-state index in [1.807, 2.05) is 79.0 Å². The van der Waals surface area contributed by atoms with Crippen molar-refractivity contribution < 1.29 is 14.1 Å². The van der Waals surface area contributed by atoms with Gasteiger partial charge in [0.1, 0.15) is 12.3 Å². The van der Waals surface area contributed by atoms with Crippen LogP contribution in [0, 0.1) is 0 Å². The number of nitrogens with zero attached hydrogens (tertiary/aromatic N) is 5. The van der Waals surface area contributed by atoms with E-state index in [2.05, 4.69) is 15.1 Å². The van der Waals surface area contributed by atoms with Gasteiger partial charge in [0.25, 0.3) is 0 Å². The summed E-state index contributed by atoms with van der Waals surface area (Å²) < 4.78 is 12.6. The van der Waals surface area contributed by atoms with Gasteiger partial charge >= 0.3 is 5.97 Å². The molecule has 0 radical (unpaired) electrons. The second-order valence-corrected chi connectivity index (χ2v) is 7.54. The largest absolute Gasteiger partial charge is 0.461 e. The average Bonchev–Trinajstić information content (AvgIpc) is 3.55. The van der Waals surface area contributed by atoms with E-state index in [0.29, 0.717) is 17.4 Å². The molecule has 5 aromatic rings. The Morgan fingerprint density at radius 3 is 2.47 bits per heavy atom. The van der Waals surface area contributed by atoms with Gasteiger partial charge in [-0.2, -0.15) is 10.1 Å². The molecule has 0 unspecified atom stereocenters. The van der Waals surface area contributed by atoms with Crippen molar-refractivity contribution >= 4 is 5.97 Å². The first kappa shape index (κ1) is 21.3. The van der Waals surface area contributed by atoms with Crippen LogP contribution in [0.3, 0.4) is 0 Å². The van der Waals surface area contributed by atoms with Crippen molar-refractivity contribution in [3.63, 3.8) is 0 Å². The molecule has 2 aromatic carbocycles. The quantitative estimate of drug-likeness (QED) is 0.317. The van der Waals surface area contributed by atoms with Gasteiger partial charge in [0, 0.05) is 29.9 Å².